The van der Waals surface area contributed by atoms with Crippen molar-refractivity contribution in [3.8, 4) is 0 Å². The largest absolute Gasteiger partial charge is 0.462 e. The van der Waals surface area contributed by atoms with Gasteiger partial charge in [0.2, 0.25) is 0 Å². The van der Waals surface area contributed by atoms with Crippen LogP contribution in [0.15, 0.2) is 109 Å². The monoisotopic (exact) mass is 901 g/mol. The van der Waals surface area contributed by atoms with Crippen molar-refractivity contribution in [3.05, 3.63) is 109 Å². The molecular weight excluding hydrogens is 805 g/mol. The third-order valence-corrected chi connectivity index (χ3v) is 10.9. The second-order valence-electron chi connectivity index (χ2n) is 17.2. The van der Waals surface area contributed by atoms with Crippen LogP contribution in [-0.2, 0) is 28.6 Å². The van der Waals surface area contributed by atoms with Crippen LogP contribution in [0.4, 0.5) is 0 Å². The molecule has 0 heterocycles. The van der Waals surface area contributed by atoms with Crippen LogP contribution >= 0.6 is 0 Å². The van der Waals surface area contributed by atoms with Crippen molar-refractivity contribution < 1.29 is 28.6 Å². The molecule has 0 aliphatic rings. The molecule has 0 aromatic heterocycles. The lowest BCUT2D eigenvalue weighted by molar-refractivity contribution is -0.167. The van der Waals surface area contributed by atoms with E-state index >= 15 is 0 Å². The lowest BCUT2D eigenvalue weighted by atomic mass is 10.1. The molecule has 0 N–H and O–H groups in total. The van der Waals surface area contributed by atoms with Gasteiger partial charge in [-0.3, -0.25) is 14.4 Å². The molecule has 0 saturated heterocycles. The lowest BCUT2D eigenvalue weighted by Gasteiger charge is -2.18. The summed E-state index contributed by atoms with van der Waals surface area (Å²) < 4.78 is 16.8. The molecule has 0 aliphatic heterocycles. The molecule has 0 radical (unpaired) electrons. The van der Waals surface area contributed by atoms with E-state index in [1.807, 2.05) is 60.8 Å². The Morgan fingerprint density at radius 2 is 0.631 bits per heavy atom. The van der Waals surface area contributed by atoms with E-state index in [1.165, 1.54) is 103 Å². The molecule has 65 heavy (non-hydrogen) atoms. The topological polar surface area (TPSA) is 78.9 Å². The van der Waals surface area contributed by atoms with Gasteiger partial charge in [0.25, 0.3) is 0 Å². The highest BCUT2D eigenvalue weighted by Crippen LogP contribution is 2.14. The first-order valence-corrected chi connectivity index (χ1v) is 26.5. The molecule has 0 bridgehead atoms. The van der Waals surface area contributed by atoms with Crippen LogP contribution in [-0.4, -0.2) is 37.2 Å². The van der Waals surface area contributed by atoms with E-state index in [2.05, 4.69) is 69.4 Å². The van der Waals surface area contributed by atoms with Crippen LogP contribution in [0.1, 0.15) is 226 Å². The minimum atomic E-state index is -0.807. The Labute approximate surface area is 400 Å². The van der Waals surface area contributed by atoms with E-state index in [1.54, 1.807) is 0 Å². The van der Waals surface area contributed by atoms with Crippen LogP contribution in [0.2, 0.25) is 0 Å². The quantitative estimate of drug-likeness (QED) is 0.0199. The minimum absolute atomic E-state index is 0.102. The highest BCUT2D eigenvalue weighted by atomic mass is 16.6. The SMILES string of the molecule is CC\C=C/C=C\C=C/C=C\C=C\C=C/CCCCCC(=O)OC(COC(=O)CCCCCCC/C=C\CCCC)COC(=O)CCCCCCCCCCCC/C=C\C=C/CCCCC. The molecule has 0 aromatic rings. The number of hydrogen-bond donors (Lipinski definition) is 0. The van der Waals surface area contributed by atoms with Crippen LogP contribution in [0.3, 0.4) is 0 Å². The molecular formula is C59H96O6. The standard InChI is InChI=1S/C59H96O6/c1-4-7-10-13-16-19-22-24-26-28-29-31-32-34-37-40-43-46-49-52-58(61)64-55-56(54-63-57(60)51-48-45-42-39-36-21-18-15-12-9-6-3)65-59(62)53-50-47-44-41-38-35-33-30-27-25-23-20-17-14-11-8-5-2/h8,11,14-20,22-25,27,30,33,35,38,56H,4-7,9-10,12-13,21,26,28-29,31-32,34,36-37,39-55H2,1-3H3/b11-8-,17-14-,18-15-,19-16-,23-20-,24-22-,27-25-,33-30+,38-35-. The van der Waals surface area contributed by atoms with Crippen LogP contribution in [0, 0.1) is 0 Å². The number of carbonyl (C=O) groups excluding carboxylic acids is 3. The average molecular weight is 901 g/mol. The Kier molecular flexibility index (Phi) is 49.5. The molecule has 0 rings (SSSR count). The van der Waals surface area contributed by atoms with E-state index in [0.29, 0.717) is 19.3 Å². The summed E-state index contributed by atoms with van der Waals surface area (Å²) in [5, 5.41) is 0. The minimum Gasteiger partial charge on any atom is -0.462 e. The molecule has 0 aliphatic carbocycles. The molecule has 0 saturated carbocycles. The number of carbonyl (C=O) groups is 3. The first-order valence-electron chi connectivity index (χ1n) is 26.5. The summed E-state index contributed by atoms with van der Waals surface area (Å²) in [4.78, 5) is 38.0. The molecule has 368 valence electrons. The van der Waals surface area contributed by atoms with Gasteiger partial charge in [0.1, 0.15) is 13.2 Å². The lowest BCUT2D eigenvalue weighted by Crippen LogP contribution is -2.30. The summed E-state index contributed by atoms with van der Waals surface area (Å²) in [5.41, 5.74) is 0. The second-order valence-corrected chi connectivity index (χ2v) is 17.2. The number of ether oxygens (including phenoxy) is 3. The Bertz CT molecular complexity index is 1360. The third-order valence-electron chi connectivity index (χ3n) is 10.9. The molecule has 6 nitrogen and oxygen atoms in total. The summed E-state index contributed by atoms with van der Waals surface area (Å²) in [7, 11) is 0. The molecule has 1 atom stereocenters. The molecule has 1 unspecified atom stereocenters. The van der Waals surface area contributed by atoms with Crippen LogP contribution in [0.25, 0.3) is 0 Å². The number of allylic oxidation sites excluding steroid dienone is 18. The van der Waals surface area contributed by atoms with Gasteiger partial charge in [0.15, 0.2) is 6.10 Å². The van der Waals surface area contributed by atoms with Crippen molar-refractivity contribution >= 4 is 17.9 Å². The van der Waals surface area contributed by atoms with Gasteiger partial charge >= 0.3 is 17.9 Å². The molecule has 6 heteroatoms. The predicted octanol–water partition coefficient (Wildman–Crippen LogP) is 17.5. The molecule has 0 spiro atoms. The maximum absolute atomic E-state index is 12.8. The first-order chi connectivity index (χ1) is 32.0. The fourth-order valence-electron chi connectivity index (χ4n) is 6.92. The zero-order chi connectivity index (χ0) is 47.2. The van der Waals surface area contributed by atoms with Crippen molar-refractivity contribution in [2.45, 2.75) is 232 Å². The Balaban J connectivity index is 4.46. The van der Waals surface area contributed by atoms with Gasteiger partial charge in [0.05, 0.1) is 0 Å². The Morgan fingerprint density at radius 1 is 0.323 bits per heavy atom. The zero-order valence-electron chi connectivity index (χ0n) is 42.0. The number of esters is 3. The van der Waals surface area contributed by atoms with Crippen molar-refractivity contribution in [3.63, 3.8) is 0 Å². The summed E-state index contributed by atoms with van der Waals surface area (Å²) >= 11 is 0. The normalized spacial score (nSPS) is 13.0. The summed E-state index contributed by atoms with van der Waals surface area (Å²) in [6.45, 7) is 6.37. The maximum atomic E-state index is 12.8. The molecule has 0 amide bonds. The summed E-state index contributed by atoms with van der Waals surface area (Å²) in [6, 6.07) is 0. The van der Waals surface area contributed by atoms with Crippen LogP contribution in [0.5, 0.6) is 0 Å². The number of hydrogen-bond acceptors (Lipinski definition) is 6. The number of unbranched alkanes of at least 4 members (excludes halogenated alkanes) is 23. The fraction of sp³-hybridized carbons (Fsp3) is 0.644. The third kappa shape index (κ3) is 50.9. The van der Waals surface area contributed by atoms with E-state index in [4.69, 9.17) is 14.2 Å². The van der Waals surface area contributed by atoms with E-state index < -0.39 is 6.10 Å². The van der Waals surface area contributed by atoms with Crippen molar-refractivity contribution in [1.82, 2.24) is 0 Å². The van der Waals surface area contributed by atoms with Gasteiger partial charge in [-0.25, -0.2) is 0 Å². The van der Waals surface area contributed by atoms with Crippen molar-refractivity contribution in [2.24, 2.45) is 0 Å². The summed E-state index contributed by atoms with van der Waals surface area (Å²) in [6.07, 6.45) is 70.7. The van der Waals surface area contributed by atoms with Crippen LogP contribution < -0.4 is 0 Å². The van der Waals surface area contributed by atoms with Gasteiger partial charge in [0, 0.05) is 19.3 Å². The Hall–Kier alpha value is -3.93. The van der Waals surface area contributed by atoms with E-state index in [9.17, 15) is 14.4 Å². The van der Waals surface area contributed by atoms with Gasteiger partial charge in [-0.15, -0.1) is 0 Å². The number of rotatable bonds is 46. The van der Waals surface area contributed by atoms with Crippen molar-refractivity contribution in [1.29, 1.82) is 0 Å². The zero-order valence-corrected chi connectivity index (χ0v) is 42.0. The maximum Gasteiger partial charge on any atom is 0.306 e. The molecule has 0 aromatic carbocycles. The highest BCUT2D eigenvalue weighted by molar-refractivity contribution is 5.71. The van der Waals surface area contributed by atoms with E-state index in [0.717, 1.165) is 77.0 Å². The highest BCUT2D eigenvalue weighted by Gasteiger charge is 2.19. The fourth-order valence-corrected chi connectivity index (χ4v) is 6.92. The first kappa shape index (κ1) is 61.1. The summed E-state index contributed by atoms with van der Waals surface area (Å²) in [5.74, 6) is -0.964. The van der Waals surface area contributed by atoms with Gasteiger partial charge in [-0.05, 0) is 83.5 Å². The second kappa shape index (κ2) is 52.7. The van der Waals surface area contributed by atoms with E-state index in [-0.39, 0.29) is 37.5 Å². The molecule has 0 fully saturated rings. The smallest absolute Gasteiger partial charge is 0.306 e. The van der Waals surface area contributed by atoms with Gasteiger partial charge in [-0.2, -0.15) is 0 Å². The van der Waals surface area contributed by atoms with Gasteiger partial charge in [-0.1, -0.05) is 233 Å². The van der Waals surface area contributed by atoms with Crippen molar-refractivity contribution in [2.75, 3.05) is 13.2 Å². The Morgan fingerprint density at radius 3 is 1.06 bits per heavy atom. The van der Waals surface area contributed by atoms with Gasteiger partial charge < -0.3 is 14.2 Å². The average Bonchev–Trinajstić information content (AvgIpc) is 3.30. The predicted molar refractivity (Wildman–Crippen MR) is 279 cm³/mol.